The molecular formula is C13H18N2O4S. The van der Waals surface area contributed by atoms with E-state index in [1.165, 1.54) is 22.5 Å². The average molecular weight is 298 g/mol. The summed E-state index contributed by atoms with van der Waals surface area (Å²) in [5.74, 6) is -0.428. The van der Waals surface area contributed by atoms with Crippen LogP contribution in [0.2, 0.25) is 0 Å². The van der Waals surface area contributed by atoms with Crippen molar-refractivity contribution < 1.29 is 18.3 Å². The van der Waals surface area contributed by atoms with Crippen LogP contribution in [0, 0.1) is 0 Å². The smallest absolute Gasteiger partial charge is 0.243 e. The standard InChI is InChI=1S/C13H18N2O4S/c1-2-13(17)14-11-9-10(5-6-12(11)16)20(18,19)15-7-3-4-8-15/h5-6,9,16H,2-4,7-8H2,1H3,(H,14,17). The number of nitrogens with zero attached hydrogens (tertiary/aromatic N) is 1. The van der Waals surface area contributed by atoms with Crippen LogP contribution < -0.4 is 5.32 Å². The Bertz CT molecular complexity index is 607. The largest absolute Gasteiger partial charge is 0.506 e. The Morgan fingerprint density at radius 2 is 2.00 bits per heavy atom. The Labute approximate surface area is 118 Å². The first-order chi connectivity index (χ1) is 9.45. The van der Waals surface area contributed by atoms with Gasteiger partial charge in [-0.25, -0.2) is 8.42 Å². The van der Waals surface area contributed by atoms with Crippen molar-refractivity contribution in [2.45, 2.75) is 31.1 Å². The predicted molar refractivity (Wildman–Crippen MR) is 75.0 cm³/mol. The Kier molecular flexibility index (Phi) is 4.29. The number of rotatable bonds is 4. The third-order valence-corrected chi connectivity index (χ3v) is 5.16. The summed E-state index contributed by atoms with van der Waals surface area (Å²) in [6.07, 6.45) is 1.97. The van der Waals surface area contributed by atoms with Gasteiger partial charge in [0, 0.05) is 19.5 Å². The zero-order valence-electron chi connectivity index (χ0n) is 11.3. The number of hydrogen-bond donors (Lipinski definition) is 2. The van der Waals surface area contributed by atoms with Gasteiger partial charge in [0.1, 0.15) is 5.75 Å². The number of amides is 1. The van der Waals surface area contributed by atoms with Crippen LogP contribution in [0.5, 0.6) is 5.75 Å². The second-order valence-corrected chi connectivity index (χ2v) is 6.63. The Balaban J connectivity index is 2.33. The number of phenols is 1. The van der Waals surface area contributed by atoms with Crippen molar-refractivity contribution in [3.8, 4) is 5.75 Å². The molecule has 2 rings (SSSR count). The van der Waals surface area contributed by atoms with E-state index in [4.69, 9.17) is 0 Å². The molecule has 1 saturated heterocycles. The van der Waals surface area contributed by atoms with E-state index in [-0.39, 0.29) is 28.7 Å². The van der Waals surface area contributed by atoms with Crippen LogP contribution >= 0.6 is 0 Å². The summed E-state index contributed by atoms with van der Waals surface area (Å²) >= 11 is 0. The summed E-state index contributed by atoms with van der Waals surface area (Å²) in [4.78, 5) is 11.5. The summed E-state index contributed by atoms with van der Waals surface area (Å²) in [6.45, 7) is 2.71. The van der Waals surface area contributed by atoms with Crippen molar-refractivity contribution in [3.05, 3.63) is 18.2 Å². The lowest BCUT2D eigenvalue weighted by Crippen LogP contribution is -2.27. The van der Waals surface area contributed by atoms with Crippen molar-refractivity contribution in [1.29, 1.82) is 0 Å². The second kappa shape index (κ2) is 5.80. The molecule has 6 nitrogen and oxygen atoms in total. The molecule has 110 valence electrons. The fourth-order valence-corrected chi connectivity index (χ4v) is 3.64. The summed E-state index contributed by atoms with van der Waals surface area (Å²) in [5.41, 5.74) is 0.122. The van der Waals surface area contributed by atoms with Gasteiger partial charge in [-0.2, -0.15) is 4.31 Å². The van der Waals surface area contributed by atoms with Gasteiger partial charge in [0.25, 0.3) is 0 Å². The summed E-state index contributed by atoms with van der Waals surface area (Å²) in [7, 11) is -3.55. The molecule has 0 unspecified atom stereocenters. The molecule has 1 amide bonds. The molecule has 7 heteroatoms. The van der Waals surface area contributed by atoms with Gasteiger partial charge in [-0.3, -0.25) is 4.79 Å². The highest BCUT2D eigenvalue weighted by Gasteiger charge is 2.27. The van der Waals surface area contributed by atoms with Crippen LogP contribution in [0.4, 0.5) is 5.69 Å². The van der Waals surface area contributed by atoms with Gasteiger partial charge in [0.2, 0.25) is 15.9 Å². The van der Waals surface area contributed by atoms with Gasteiger partial charge < -0.3 is 10.4 Å². The molecule has 0 radical (unpaired) electrons. The van der Waals surface area contributed by atoms with E-state index < -0.39 is 10.0 Å². The Morgan fingerprint density at radius 3 is 2.60 bits per heavy atom. The highest BCUT2D eigenvalue weighted by Crippen LogP contribution is 2.29. The molecular weight excluding hydrogens is 280 g/mol. The van der Waals surface area contributed by atoms with Crippen LogP contribution in [0.1, 0.15) is 26.2 Å². The molecule has 0 bridgehead atoms. The van der Waals surface area contributed by atoms with Gasteiger partial charge in [-0.05, 0) is 31.0 Å². The van der Waals surface area contributed by atoms with Crippen molar-refractivity contribution in [3.63, 3.8) is 0 Å². The number of sulfonamides is 1. The third-order valence-electron chi connectivity index (χ3n) is 3.27. The van der Waals surface area contributed by atoms with E-state index in [1.807, 2.05) is 0 Å². The second-order valence-electron chi connectivity index (χ2n) is 4.69. The SMILES string of the molecule is CCC(=O)Nc1cc(S(=O)(=O)N2CCCC2)ccc1O. The van der Waals surface area contributed by atoms with Gasteiger partial charge in [0.05, 0.1) is 10.6 Å². The van der Waals surface area contributed by atoms with Crippen LogP contribution in [-0.4, -0.2) is 36.8 Å². The Hall–Kier alpha value is -1.60. The van der Waals surface area contributed by atoms with Gasteiger partial charge in [-0.1, -0.05) is 6.92 Å². The molecule has 1 fully saturated rings. The van der Waals surface area contributed by atoms with Crippen molar-refractivity contribution in [2.75, 3.05) is 18.4 Å². The number of benzene rings is 1. The van der Waals surface area contributed by atoms with Crippen molar-refractivity contribution >= 4 is 21.6 Å². The molecule has 0 saturated carbocycles. The van der Waals surface area contributed by atoms with E-state index in [2.05, 4.69) is 5.32 Å². The van der Waals surface area contributed by atoms with Crippen LogP contribution in [-0.2, 0) is 14.8 Å². The first-order valence-corrected chi connectivity index (χ1v) is 8.02. The average Bonchev–Trinajstić information content (AvgIpc) is 2.95. The van der Waals surface area contributed by atoms with Crippen molar-refractivity contribution in [2.24, 2.45) is 0 Å². The van der Waals surface area contributed by atoms with E-state index in [1.54, 1.807) is 6.92 Å². The lowest BCUT2D eigenvalue weighted by atomic mass is 10.3. The molecule has 20 heavy (non-hydrogen) atoms. The topological polar surface area (TPSA) is 86.7 Å². The summed E-state index contributed by atoms with van der Waals surface area (Å²) < 4.78 is 26.2. The fourth-order valence-electron chi connectivity index (χ4n) is 2.09. The molecule has 0 aromatic heterocycles. The molecule has 1 aromatic carbocycles. The Morgan fingerprint density at radius 1 is 1.35 bits per heavy atom. The molecule has 1 heterocycles. The monoisotopic (exact) mass is 298 g/mol. The highest BCUT2D eigenvalue weighted by molar-refractivity contribution is 7.89. The van der Waals surface area contributed by atoms with Crippen LogP contribution in [0.3, 0.4) is 0 Å². The van der Waals surface area contributed by atoms with E-state index in [9.17, 15) is 18.3 Å². The van der Waals surface area contributed by atoms with Gasteiger partial charge >= 0.3 is 0 Å². The minimum Gasteiger partial charge on any atom is -0.506 e. The maximum Gasteiger partial charge on any atom is 0.243 e. The number of phenolic OH excluding ortho intramolecular Hbond substituents is 1. The van der Waals surface area contributed by atoms with E-state index in [0.29, 0.717) is 13.1 Å². The van der Waals surface area contributed by atoms with E-state index >= 15 is 0 Å². The lowest BCUT2D eigenvalue weighted by molar-refractivity contribution is -0.115. The number of carbonyl (C=O) groups is 1. The number of carbonyl (C=O) groups excluding carboxylic acids is 1. The van der Waals surface area contributed by atoms with Crippen LogP contribution in [0.25, 0.3) is 0 Å². The quantitative estimate of drug-likeness (QED) is 0.825. The maximum atomic E-state index is 12.4. The normalized spacial score (nSPS) is 16.2. The first-order valence-electron chi connectivity index (χ1n) is 6.58. The zero-order valence-corrected chi connectivity index (χ0v) is 12.1. The molecule has 0 spiro atoms. The molecule has 1 aliphatic rings. The predicted octanol–water partition coefficient (Wildman–Crippen LogP) is 1.53. The highest BCUT2D eigenvalue weighted by atomic mass is 32.2. The first kappa shape index (κ1) is 14.8. The lowest BCUT2D eigenvalue weighted by Gasteiger charge is -2.16. The van der Waals surface area contributed by atoms with Gasteiger partial charge in [-0.15, -0.1) is 0 Å². The minimum absolute atomic E-state index is 0.0867. The molecule has 1 aromatic rings. The van der Waals surface area contributed by atoms with Gasteiger partial charge in [0.15, 0.2) is 0 Å². The number of aromatic hydroxyl groups is 1. The maximum absolute atomic E-state index is 12.4. The van der Waals surface area contributed by atoms with Crippen molar-refractivity contribution in [1.82, 2.24) is 4.31 Å². The summed E-state index contributed by atoms with van der Waals surface area (Å²) in [6, 6.07) is 3.94. The summed E-state index contributed by atoms with van der Waals surface area (Å²) in [5, 5.41) is 12.2. The zero-order chi connectivity index (χ0) is 14.8. The number of anilines is 1. The number of nitrogens with one attached hydrogen (secondary N) is 1. The molecule has 0 aliphatic carbocycles. The molecule has 0 atom stereocenters. The minimum atomic E-state index is -3.55. The molecule has 2 N–H and O–H groups in total. The fraction of sp³-hybridized carbons (Fsp3) is 0.462. The third kappa shape index (κ3) is 2.94. The molecule has 1 aliphatic heterocycles. The van der Waals surface area contributed by atoms with E-state index in [0.717, 1.165) is 12.8 Å². The van der Waals surface area contributed by atoms with Crippen LogP contribution in [0.15, 0.2) is 23.1 Å². The number of hydrogen-bond acceptors (Lipinski definition) is 4.